The number of hydrogen-bond donors (Lipinski definition) is 0. The molecule has 2 aromatic carbocycles. The molecule has 1 amide bonds. The summed E-state index contributed by atoms with van der Waals surface area (Å²) < 4.78 is 34.8. The first kappa shape index (κ1) is 27.5. The smallest absolute Gasteiger partial charge is 0.243 e. The van der Waals surface area contributed by atoms with E-state index >= 15 is 0 Å². The zero-order valence-corrected chi connectivity index (χ0v) is 23.4. The lowest BCUT2D eigenvalue weighted by Crippen LogP contribution is -2.51. The highest BCUT2D eigenvalue weighted by molar-refractivity contribution is 7.89. The highest BCUT2D eigenvalue weighted by Gasteiger charge is 2.43. The number of hydrogen-bond acceptors (Lipinski definition) is 4. The third-order valence-corrected chi connectivity index (χ3v) is 9.69. The molecule has 2 saturated heterocycles. The fourth-order valence-corrected chi connectivity index (χ4v) is 7.46. The Labute approximate surface area is 228 Å². The van der Waals surface area contributed by atoms with Crippen LogP contribution >= 0.6 is 34.8 Å². The minimum Gasteiger partial charge on any atom is -0.493 e. The van der Waals surface area contributed by atoms with Crippen molar-refractivity contribution in [1.82, 2.24) is 9.21 Å². The van der Waals surface area contributed by atoms with Crippen molar-refractivity contribution < 1.29 is 17.9 Å². The highest BCUT2D eigenvalue weighted by atomic mass is 35.5. The van der Waals surface area contributed by atoms with Gasteiger partial charge in [-0.3, -0.25) is 4.79 Å². The average molecular weight is 574 g/mol. The summed E-state index contributed by atoms with van der Waals surface area (Å²) in [6.07, 6.45) is 4.64. The Balaban J connectivity index is 1.60. The lowest BCUT2D eigenvalue weighted by Gasteiger charge is -2.42. The molecule has 0 saturated carbocycles. The molecule has 4 rings (SSSR count). The first-order valence-corrected chi connectivity index (χ1v) is 14.8. The van der Waals surface area contributed by atoms with Gasteiger partial charge in [0.1, 0.15) is 5.75 Å². The molecule has 2 fully saturated rings. The van der Waals surface area contributed by atoms with E-state index in [9.17, 15) is 13.2 Å². The molecule has 196 valence electrons. The molecule has 0 unspecified atom stereocenters. The van der Waals surface area contributed by atoms with Crippen LogP contribution in [0.3, 0.4) is 0 Å². The molecule has 0 aliphatic carbocycles. The van der Waals surface area contributed by atoms with Crippen LogP contribution < -0.4 is 4.74 Å². The number of carbonyl (C=O) groups is 1. The van der Waals surface area contributed by atoms with Crippen LogP contribution in [0.1, 0.15) is 44.1 Å². The van der Waals surface area contributed by atoms with Gasteiger partial charge in [-0.1, -0.05) is 34.8 Å². The van der Waals surface area contributed by atoms with E-state index in [2.05, 4.69) is 0 Å². The summed E-state index contributed by atoms with van der Waals surface area (Å²) in [4.78, 5) is 15.3. The lowest BCUT2D eigenvalue weighted by atomic mass is 9.78. The first-order valence-electron chi connectivity index (χ1n) is 12.2. The monoisotopic (exact) mass is 572 g/mol. The third-order valence-electron chi connectivity index (χ3n) is 7.01. The number of nitrogens with zero attached hydrogens (tertiary/aromatic N) is 2. The van der Waals surface area contributed by atoms with Crippen LogP contribution in [-0.4, -0.2) is 56.3 Å². The number of benzene rings is 2. The third kappa shape index (κ3) is 6.48. The average Bonchev–Trinajstić information content (AvgIpc) is 2.85. The van der Waals surface area contributed by atoms with Gasteiger partial charge in [0.2, 0.25) is 15.9 Å². The van der Waals surface area contributed by atoms with Gasteiger partial charge >= 0.3 is 0 Å². The van der Waals surface area contributed by atoms with Crippen molar-refractivity contribution in [3.8, 4) is 5.75 Å². The molecule has 2 aromatic rings. The second kappa shape index (κ2) is 11.5. The molecule has 36 heavy (non-hydrogen) atoms. The van der Waals surface area contributed by atoms with Crippen molar-refractivity contribution in [1.29, 1.82) is 0 Å². The van der Waals surface area contributed by atoms with Crippen molar-refractivity contribution in [3.05, 3.63) is 57.0 Å². The van der Waals surface area contributed by atoms with Gasteiger partial charge in [-0.15, -0.1) is 0 Å². The Morgan fingerprint density at radius 3 is 2.33 bits per heavy atom. The van der Waals surface area contributed by atoms with E-state index in [1.165, 1.54) is 22.5 Å². The summed E-state index contributed by atoms with van der Waals surface area (Å²) >= 11 is 18.4. The summed E-state index contributed by atoms with van der Waals surface area (Å²) in [7, 11) is -3.87. The second-order valence-corrected chi connectivity index (χ2v) is 13.1. The zero-order chi connectivity index (χ0) is 25.9. The molecular formula is C26H31Cl3N2O4S. The Morgan fingerprint density at radius 1 is 0.972 bits per heavy atom. The standard InChI is InChI=1S/C26H31Cl3N2O4S/c1-19-12-22(6-7-24(19)29)35-18-26(16-25(32)30-9-3-2-4-10-30)8-5-11-31(17-26)36(33,34)23-14-20(27)13-21(28)15-23/h6-7,12-15H,2-5,8-11,16-18H2,1H3/t26-/m1/s1. The maximum atomic E-state index is 13.6. The molecule has 1 atom stereocenters. The van der Waals surface area contributed by atoms with Crippen molar-refractivity contribution in [2.75, 3.05) is 32.8 Å². The molecule has 0 radical (unpaired) electrons. The van der Waals surface area contributed by atoms with Crippen molar-refractivity contribution in [2.24, 2.45) is 5.41 Å². The normalized spacial score (nSPS) is 21.4. The van der Waals surface area contributed by atoms with E-state index in [-0.39, 0.29) is 40.4 Å². The highest BCUT2D eigenvalue weighted by Crippen LogP contribution is 2.38. The number of sulfonamides is 1. The number of halogens is 3. The fourth-order valence-electron chi connectivity index (χ4n) is 5.03. The molecule has 10 heteroatoms. The second-order valence-electron chi connectivity index (χ2n) is 9.87. The minimum atomic E-state index is -3.87. The molecule has 2 aliphatic heterocycles. The summed E-state index contributed by atoms with van der Waals surface area (Å²) in [5, 5.41) is 1.16. The number of aryl methyl sites for hydroxylation is 1. The molecule has 6 nitrogen and oxygen atoms in total. The van der Waals surface area contributed by atoms with Gasteiger partial charge in [-0.2, -0.15) is 4.31 Å². The molecule has 0 aromatic heterocycles. The van der Waals surface area contributed by atoms with Crippen LogP contribution in [0, 0.1) is 12.3 Å². The Hall–Kier alpha value is -1.51. The molecular weight excluding hydrogens is 543 g/mol. The Bertz CT molecular complexity index is 1200. The SMILES string of the molecule is Cc1cc(OC[C@@]2(CC(=O)N3CCCCC3)CCCN(S(=O)(=O)c3cc(Cl)cc(Cl)c3)C2)ccc1Cl. The van der Waals surface area contributed by atoms with Gasteiger partial charge in [0.25, 0.3) is 0 Å². The number of rotatable bonds is 7. The van der Waals surface area contributed by atoms with Crippen LogP contribution in [0.15, 0.2) is 41.3 Å². The minimum absolute atomic E-state index is 0.0485. The van der Waals surface area contributed by atoms with E-state index in [0.717, 1.165) is 37.9 Å². The van der Waals surface area contributed by atoms with Gasteiger partial charge < -0.3 is 9.64 Å². The summed E-state index contributed by atoms with van der Waals surface area (Å²) in [5.41, 5.74) is 0.216. The Morgan fingerprint density at radius 2 is 1.67 bits per heavy atom. The Kier molecular flexibility index (Phi) is 8.78. The zero-order valence-electron chi connectivity index (χ0n) is 20.3. The molecule has 2 heterocycles. The van der Waals surface area contributed by atoms with Crippen LogP contribution in [0.2, 0.25) is 15.1 Å². The van der Waals surface area contributed by atoms with Gasteiger partial charge in [-0.05, 0) is 81.0 Å². The van der Waals surface area contributed by atoms with E-state index in [1.807, 2.05) is 17.9 Å². The van der Waals surface area contributed by atoms with E-state index in [1.54, 1.807) is 12.1 Å². The fraction of sp³-hybridized carbons (Fsp3) is 0.500. The number of ether oxygens (including phenoxy) is 1. The van der Waals surface area contributed by atoms with Crippen LogP contribution in [0.5, 0.6) is 5.75 Å². The topological polar surface area (TPSA) is 66.9 Å². The van der Waals surface area contributed by atoms with Crippen molar-refractivity contribution >= 4 is 50.7 Å². The molecule has 2 aliphatic rings. The maximum absolute atomic E-state index is 13.6. The number of carbonyl (C=O) groups excluding carboxylic acids is 1. The lowest BCUT2D eigenvalue weighted by molar-refractivity contribution is -0.136. The van der Waals surface area contributed by atoms with E-state index in [4.69, 9.17) is 39.5 Å². The van der Waals surface area contributed by atoms with Crippen LogP contribution in [-0.2, 0) is 14.8 Å². The molecule has 0 spiro atoms. The largest absolute Gasteiger partial charge is 0.493 e. The maximum Gasteiger partial charge on any atom is 0.243 e. The van der Waals surface area contributed by atoms with E-state index < -0.39 is 15.4 Å². The first-order chi connectivity index (χ1) is 17.1. The summed E-state index contributed by atoms with van der Waals surface area (Å²) in [6.45, 7) is 4.13. The predicted octanol–water partition coefficient (Wildman–Crippen LogP) is 6.21. The quantitative estimate of drug-likeness (QED) is 0.395. The van der Waals surface area contributed by atoms with Crippen molar-refractivity contribution in [3.63, 3.8) is 0 Å². The van der Waals surface area contributed by atoms with Gasteiger partial charge in [0.05, 0.1) is 11.5 Å². The summed E-state index contributed by atoms with van der Waals surface area (Å²) in [6, 6.07) is 9.74. The van der Waals surface area contributed by atoms with Crippen LogP contribution in [0.25, 0.3) is 0 Å². The predicted molar refractivity (Wildman–Crippen MR) is 144 cm³/mol. The molecule has 0 N–H and O–H groups in total. The number of piperidine rings is 2. The summed E-state index contributed by atoms with van der Waals surface area (Å²) in [5.74, 6) is 0.693. The molecule has 0 bridgehead atoms. The van der Waals surface area contributed by atoms with Gasteiger partial charge in [0, 0.05) is 53.1 Å². The van der Waals surface area contributed by atoms with E-state index in [0.29, 0.717) is 30.2 Å². The van der Waals surface area contributed by atoms with Crippen molar-refractivity contribution in [2.45, 2.75) is 50.3 Å². The number of amides is 1. The van der Waals surface area contributed by atoms with Gasteiger partial charge in [-0.25, -0.2) is 8.42 Å². The number of likely N-dealkylation sites (tertiary alicyclic amines) is 1. The van der Waals surface area contributed by atoms with Gasteiger partial charge in [0.15, 0.2) is 0 Å². The van der Waals surface area contributed by atoms with Crippen LogP contribution in [0.4, 0.5) is 0 Å².